The first kappa shape index (κ1) is 14.9. The van der Waals surface area contributed by atoms with Gasteiger partial charge in [0.05, 0.1) is 0 Å². The molecule has 1 fully saturated rings. The highest BCUT2D eigenvalue weighted by Crippen LogP contribution is 2.62. The van der Waals surface area contributed by atoms with Gasteiger partial charge in [0.2, 0.25) is 0 Å². The van der Waals surface area contributed by atoms with Crippen molar-refractivity contribution in [3.05, 3.63) is 29.8 Å². The average Bonchev–Trinajstić information content (AvgIpc) is 2.79. The molecule has 2 N–H and O–H groups in total. The Kier molecular flexibility index (Phi) is 3.81. The molecule has 1 saturated carbocycles. The van der Waals surface area contributed by atoms with Crippen molar-refractivity contribution in [3.8, 4) is 0 Å². The number of carbonyl (C=O) groups excluding carboxylic acids is 1. The molecular weight excluding hydrogens is 248 g/mol. The molecule has 110 valence electrons. The van der Waals surface area contributed by atoms with E-state index in [0.29, 0.717) is 0 Å². The zero-order valence-electron chi connectivity index (χ0n) is 13.2. The summed E-state index contributed by atoms with van der Waals surface area (Å²) in [6, 6.07) is 7.95. The van der Waals surface area contributed by atoms with E-state index in [9.17, 15) is 4.79 Å². The summed E-state index contributed by atoms with van der Waals surface area (Å²) in [5.74, 6) is 0.0238. The van der Waals surface area contributed by atoms with Crippen molar-refractivity contribution in [1.29, 1.82) is 0 Å². The summed E-state index contributed by atoms with van der Waals surface area (Å²) < 4.78 is 0. The van der Waals surface area contributed by atoms with Crippen molar-refractivity contribution in [2.45, 2.75) is 47.1 Å². The Balaban J connectivity index is 1.97. The van der Waals surface area contributed by atoms with Gasteiger partial charge in [0, 0.05) is 23.8 Å². The van der Waals surface area contributed by atoms with Crippen LogP contribution in [-0.2, 0) is 0 Å². The predicted molar refractivity (Wildman–Crippen MR) is 84.0 cm³/mol. The highest BCUT2D eigenvalue weighted by atomic mass is 16.1. The number of nitrogens with one attached hydrogen (secondary N) is 2. The average molecular weight is 274 g/mol. The summed E-state index contributed by atoms with van der Waals surface area (Å²) in [4.78, 5) is 12.3. The zero-order valence-corrected chi connectivity index (χ0v) is 13.2. The van der Waals surface area contributed by atoms with Gasteiger partial charge in [-0.3, -0.25) is 4.79 Å². The van der Waals surface area contributed by atoms with Crippen molar-refractivity contribution >= 4 is 11.6 Å². The number of amides is 1. The molecule has 0 aliphatic heterocycles. The predicted octanol–water partition coefficient (Wildman–Crippen LogP) is 3.67. The quantitative estimate of drug-likeness (QED) is 0.860. The SMILES string of the molecule is CCCNc1ccc(C(=O)NC2C(C)(C)C2(C)C)cc1. The molecule has 0 radical (unpaired) electrons. The first-order chi connectivity index (χ1) is 9.30. The van der Waals surface area contributed by atoms with Crippen LogP contribution in [0.15, 0.2) is 24.3 Å². The van der Waals surface area contributed by atoms with E-state index < -0.39 is 0 Å². The third-order valence-electron chi connectivity index (χ3n) is 5.02. The smallest absolute Gasteiger partial charge is 0.251 e. The number of hydrogen-bond acceptors (Lipinski definition) is 2. The zero-order chi connectivity index (χ0) is 15.0. The van der Waals surface area contributed by atoms with Crippen molar-refractivity contribution in [1.82, 2.24) is 5.32 Å². The van der Waals surface area contributed by atoms with Gasteiger partial charge in [-0.2, -0.15) is 0 Å². The molecule has 1 amide bonds. The van der Waals surface area contributed by atoms with Gasteiger partial charge in [0.1, 0.15) is 0 Å². The second-order valence-corrected chi connectivity index (χ2v) is 6.85. The second kappa shape index (κ2) is 5.12. The highest BCUT2D eigenvalue weighted by molar-refractivity contribution is 5.95. The largest absolute Gasteiger partial charge is 0.385 e. The molecule has 0 atom stereocenters. The lowest BCUT2D eigenvalue weighted by molar-refractivity contribution is 0.0943. The molecule has 0 bridgehead atoms. The Morgan fingerprint density at radius 1 is 1.10 bits per heavy atom. The van der Waals surface area contributed by atoms with E-state index in [1.165, 1.54) is 0 Å². The molecule has 0 aromatic heterocycles. The molecule has 2 rings (SSSR count). The minimum Gasteiger partial charge on any atom is -0.385 e. The Labute approximate surface area is 122 Å². The van der Waals surface area contributed by atoms with Crippen molar-refractivity contribution < 1.29 is 4.79 Å². The van der Waals surface area contributed by atoms with Crippen molar-refractivity contribution in [3.63, 3.8) is 0 Å². The van der Waals surface area contributed by atoms with E-state index in [2.05, 4.69) is 45.3 Å². The molecule has 0 heterocycles. The number of rotatable bonds is 5. The van der Waals surface area contributed by atoms with E-state index in [1.807, 2.05) is 24.3 Å². The fourth-order valence-electron chi connectivity index (χ4n) is 2.78. The molecule has 1 aromatic rings. The molecule has 1 aliphatic rings. The summed E-state index contributed by atoms with van der Waals surface area (Å²) in [5.41, 5.74) is 2.14. The molecule has 1 aliphatic carbocycles. The maximum Gasteiger partial charge on any atom is 0.251 e. The summed E-state index contributed by atoms with van der Waals surface area (Å²) in [7, 11) is 0. The van der Waals surface area contributed by atoms with Gasteiger partial charge in [-0.1, -0.05) is 34.6 Å². The van der Waals surface area contributed by atoms with Gasteiger partial charge in [0.15, 0.2) is 0 Å². The normalized spacial score (nSPS) is 19.4. The van der Waals surface area contributed by atoms with Crippen LogP contribution >= 0.6 is 0 Å². The Morgan fingerprint density at radius 2 is 1.65 bits per heavy atom. The monoisotopic (exact) mass is 274 g/mol. The lowest BCUT2D eigenvalue weighted by atomic mass is 10.0. The molecule has 0 spiro atoms. The number of anilines is 1. The standard InChI is InChI=1S/C17H26N2O/c1-6-11-18-13-9-7-12(8-10-13)14(20)19-15-16(2,3)17(15,4)5/h7-10,15,18H,6,11H2,1-5H3,(H,19,20). The van der Waals surface area contributed by atoms with Gasteiger partial charge >= 0.3 is 0 Å². The van der Waals surface area contributed by atoms with Gasteiger partial charge in [-0.05, 0) is 41.5 Å². The fraction of sp³-hybridized carbons (Fsp3) is 0.588. The summed E-state index contributed by atoms with van der Waals surface area (Å²) >= 11 is 0. The van der Waals surface area contributed by atoms with Crippen LogP contribution in [-0.4, -0.2) is 18.5 Å². The number of hydrogen-bond donors (Lipinski definition) is 2. The third kappa shape index (κ3) is 2.54. The van der Waals surface area contributed by atoms with E-state index in [0.717, 1.165) is 24.2 Å². The second-order valence-electron chi connectivity index (χ2n) is 6.85. The Bertz CT molecular complexity index is 474. The molecule has 0 unspecified atom stereocenters. The van der Waals surface area contributed by atoms with Crippen molar-refractivity contribution in [2.24, 2.45) is 10.8 Å². The van der Waals surface area contributed by atoms with E-state index in [4.69, 9.17) is 0 Å². The van der Waals surface area contributed by atoms with Crippen LogP contribution in [0.1, 0.15) is 51.4 Å². The van der Waals surface area contributed by atoms with Gasteiger partial charge in [0.25, 0.3) is 5.91 Å². The molecule has 0 saturated heterocycles. The van der Waals surface area contributed by atoms with Crippen molar-refractivity contribution in [2.75, 3.05) is 11.9 Å². The molecule has 1 aromatic carbocycles. The molecule has 20 heavy (non-hydrogen) atoms. The van der Waals surface area contributed by atoms with Gasteiger partial charge in [-0.25, -0.2) is 0 Å². The lowest BCUT2D eigenvalue weighted by Crippen LogP contribution is -2.29. The fourth-order valence-corrected chi connectivity index (χ4v) is 2.78. The van der Waals surface area contributed by atoms with Crippen LogP contribution < -0.4 is 10.6 Å². The topological polar surface area (TPSA) is 41.1 Å². The number of benzene rings is 1. The number of carbonyl (C=O) groups is 1. The maximum absolute atomic E-state index is 12.3. The lowest BCUT2D eigenvalue weighted by Gasteiger charge is -2.08. The van der Waals surface area contributed by atoms with E-state index in [1.54, 1.807) is 0 Å². The van der Waals surface area contributed by atoms with Crippen LogP contribution in [0.25, 0.3) is 0 Å². The molecular formula is C17H26N2O. The summed E-state index contributed by atoms with van der Waals surface area (Å²) in [5, 5.41) is 6.46. The van der Waals surface area contributed by atoms with E-state index >= 15 is 0 Å². The Morgan fingerprint density at radius 3 is 2.10 bits per heavy atom. The molecule has 3 nitrogen and oxygen atoms in total. The molecule has 3 heteroatoms. The van der Waals surface area contributed by atoms with Crippen LogP contribution in [0.5, 0.6) is 0 Å². The van der Waals surface area contributed by atoms with Crippen LogP contribution in [0.3, 0.4) is 0 Å². The van der Waals surface area contributed by atoms with Crippen LogP contribution in [0, 0.1) is 10.8 Å². The first-order valence-corrected chi connectivity index (χ1v) is 7.45. The van der Waals surface area contributed by atoms with Crippen LogP contribution in [0.4, 0.5) is 5.69 Å². The Hall–Kier alpha value is -1.51. The highest BCUT2D eigenvalue weighted by Gasteiger charge is 2.65. The van der Waals surface area contributed by atoms with Gasteiger partial charge < -0.3 is 10.6 Å². The van der Waals surface area contributed by atoms with Crippen LogP contribution in [0.2, 0.25) is 0 Å². The first-order valence-electron chi connectivity index (χ1n) is 7.45. The summed E-state index contributed by atoms with van der Waals surface area (Å²) in [6.07, 6.45) is 1.09. The van der Waals surface area contributed by atoms with Gasteiger partial charge in [-0.15, -0.1) is 0 Å². The minimum absolute atomic E-state index is 0.0238. The maximum atomic E-state index is 12.3. The minimum atomic E-state index is 0.0238. The van der Waals surface area contributed by atoms with E-state index in [-0.39, 0.29) is 22.8 Å². The third-order valence-corrected chi connectivity index (χ3v) is 5.02. The summed E-state index contributed by atoms with van der Waals surface area (Å²) in [6.45, 7) is 11.9.